The van der Waals surface area contributed by atoms with Crippen molar-refractivity contribution >= 4 is 5.91 Å². The van der Waals surface area contributed by atoms with Crippen molar-refractivity contribution in [2.45, 2.75) is 39.3 Å². The maximum Gasteiger partial charge on any atom is 0.234 e. The molecule has 2 N–H and O–H groups in total. The van der Waals surface area contributed by atoms with Crippen LogP contribution in [0.4, 0.5) is 0 Å². The van der Waals surface area contributed by atoms with Crippen molar-refractivity contribution < 1.29 is 9.90 Å². The van der Waals surface area contributed by atoms with Gasteiger partial charge < -0.3 is 10.4 Å². The van der Waals surface area contributed by atoms with E-state index in [2.05, 4.69) is 10.2 Å². The molecule has 1 amide bonds. The molecule has 0 aromatic heterocycles. The van der Waals surface area contributed by atoms with E-state index in [0.717, 1.165) is 19.5 Å². The monoisotopic (exact) mass is 214 g/mol. The van der Waals surface area contributed by atoms with Gasteiger partial charge in [0, 0.05) is 12.6 Å². The van der Waals surface area contributed by atoms with Gasteiger partial charge in [0.15, 0.2) is 0 Å². The van der Waals surface area contributed by atoms with Crippen molar-refractivity contribution in [3.63, 3.8) is 0 Å². The van der Waals surface area contributed by atoms with Gasteiger partial charge in [-0.2, -0.15) is 0 Å². The van der Waals surface area contributed by atoms with Gasteiger partial charge in [0.25, 0.3) is 0 Å². The first-order valence-corrected chi connectivity index (χ1v) is 5.69. The largest absolute Gasteiger partial charge is 0.393 e. The van der Waals surface area contributed by atoms with Crippen LogP contribution < -0.4 is 5.32 Å². The van der Waals surface area contributed by atoms with Crippen LogP contribution >= 0.6 is 0 Å². The minimum atomic E-state index is -0.261. The topological polar surface area (TPSA) is 52.6 Å². The Morgan fingerprint density at radius 3 is 2.67 bits per heavy atom. The third-order valence-electron chi connectivity index (χ3n) is 2.81. The van der Waals surface area contributed by atoms with Gasteiger partial charge in [-0.05, 0) is 39.7 Å². The molecular weight excluding hydrogens is 192 g/mol. The fourth-order valence-corrected chi connectivity index (χ4v) is 1.97. The molecule has 0 aliphatic carbocycles. The van der Waals surface area contributed by atoms with Gasteiger partial charge in [-0.1, -0.05) is 0 Å². The molecule has 2 unspecified atom stereocenters. The van der Waals surface area contributed by atoms with Crippen molar-refractivity contribution in [2.75, 3.05) is 19.6 Å². The molecule has 1 rings (SSSR count). The van der Waals surface area contributed by atoms with Crippen LogP contribution in [-0.2, 0) is 4.79 Å². The summed E-state index contributed by atoms with van der Waals surface area (Å²) in [5.74, 6) is 0.410. The summed E-state index contributed by atoms with van der Waals surface area (Å²) in [4.78, 5) is 13.6. The van der Waals surface area contributed by atoms with Crippen LogP contribution in [0.2, 0.25) is 0 Å². The first kappa shape index (κ1) is 12.5. The highest BCUT2D eigenvalue weighted by molar-refractivity contribution is 5.78. The average molecular weight is 214 g/mol. The molecule has 4 heteroatoms. The third kappa shape index (κ3) is 4.18. The number of nitrogens with zero attached hydrogens (tertiary/aromatic N) is 1. The summed E-state index contributed by atoms with van der Waals surface area (Å²) >= 11 is 0. The number of hydrogen-bond donors (Lipinski definition) is 2. The maximum absolute atomic E-state index is 11.5. The van der Waals surface area contributed by atoms with E-state index in [-0.39, 0.29) is 18.1 Å². The molecule has 0 aromatic rings. The van der Waals surface area contributed by atoms with Gasteiger partial charge in [-0.3, -0.25) is 9.69 Å². The summed E-state index contributed by atoms with van der Waals surface area (Å²) in [5.41, 5.74) is 0. The van der Waals surface area contributed by atoms with Gasteiger partial charge in [-0.15, -0.1) is 0 Å². The Labute approximate surface area is 91.6 Å². The fraction of sp³-hybridized carbons (Fsp3) is 0.909. The third-order valence-corrected chi connectivity index (χ3v) is 2.81. The van der Waals surface area contributed by atoms with E-state index in [9.17, 15) is 9.90 Å². The molecule has 0 radical (unpaired) electrons. The molecule has 1 fully saturated rings. The molecule has 4 nitrogen and oxygen atoms in total. The van der Waals surface area contributed by atoms with Crippen molar-refractivity contribution in [1.29, 1.82) is 0 Å². The Balaban J connectivity index is 2.27. The molecule has 1 aliphatic rings. The number of hydrogen-bond acceptors (Lipinski definition) is 3. The molecule has 0 aromatic carbocycles. The predicted octanol–water partition coefficient (Wildman–Crippen LogP) is 0.214. The van der Waals surface area contributed by atoms with E-state index in [1.165, 1.54) is 0 Å². The first-order valence-electron chi connectivity index (χ1n) is 5.69. The second-order valence-electron chi connectivity index (χ2n) is 4.75. The average Bonchev–Trinajstić information content (AvgIpc) is 2.50. The summed E-state index contributed by atoms with van der Waals surface area (Å²) in [6.45, 7) is 7.95. The standard InChI is InChI=1S/C11H22N2O2/c1-8(2)12-11(15)7-13-5-4-10(6-13)9(3)14/h8-10,14H,4-7H2,1-3H3,(H,12,15). The van der Waals surface area contributed by atoms with Gasteiger partial charge in [0.1, 0.15) is 0 Å². The summed E-state index contributed by atoms with van der Waals surface area (Å²) in [6.07, 6.45) is 0.732. The summed E-state index contributed by atoms with van der Waals surface area (Å²) < 4.78 is 0. The zero-order valence-corrected chi connectivity index (χ0v) is 9.86. The molecule has 0 saturated carbocycles. The molecule has 1 saturated heterocycles. The highest BCUT2D eigenvalue weighted by atomic mass is 16.3. The molecule has 0 spiro atoms. The van der Waals surface area contributed by atoms with Crippen LogP contribution in [0.15, 0.2) is 0 Å². The van der Waals surface area contributed by atoms with E-state index in [1.807, 2.05) is 20.8 Å². The number of aliphatic hydroxyl groups excluding tert-OH is 1. The second kappa shape index (κ2) is 5.47. The van der Waals surface area contributed by atoms with Gasteiger partial charge >= 0.3 is 0 Å². The van der Waals surface area contributed by atoms with Crippen LogP contribution in [0.1, 0.15) is 27.2 Å². The lowest BCUT2D eigenvalue weighted by molar-refractivity contribution is -0.122. The van der Waals surface area contributed by atoms with Crippen LogP contribution in [0.5, 0.6) is 0 Å². The van der Waals surface area contributed by atoms with E-state index < -0.39 is 0 Å². The molecule has 15 heavy (non-hydrogen) atoms. The van der Waals surface area contributed by atoms with Crippen molar-refractivity contribution in [3.8, 4) is 0 Å². The van der Waals surface area contributed by atoms with Crippen LogP contribution in [0.3, 0.4) is 0 Å². The van der Waals surface area contributed by atoms with E-state index in [0.29, 0.717) is 12.5 Å². The number of carbonyl (C=O) groups excluding carboxylic acids is 1. The highest BCUT2D eigenvalue weighted by Crippen LogP contribution is 2.18. The molecule has 1 heterocycles. The minimum absolute atomic E-state index is 0.0799. The van der Waals surface area contributed by atoms with E-state index in [1.54, 1.807) is 0 Å². The zero-order valence-electron chi connectivity index (χ0n) is 9.86. The summed E-state index contributed by atoms with van der Waals surface area (Å²) in [7, 11) is 0. The van der Waals surface area contributed by atoms with E-state index in [4.69, 9.17) is 0 Å². The number of carbonyl (C=O) groups is 1. The quantitative estimate of drug-likeness (QED) is 0.703. The molecule has 0 bridgehead atoms. The summed E-state index contributed by atoms with van der Waals surface area (Å²) in [6, 6.07) is 0.202. The van der Waals surface area contributed by atoms with Crippen LogP contribution in [-0.4, -0.2) is 47.7 Å². The van der Waals surface area contributed by atoms with Crippen molar-refractivity contribution in [2.24, 2.45) is 5.92 Å². The Morgan fingerprint density at radius 1 is 1.53 bits per heavy atom. The number of likely N-dealkylation sites (tertiary alicyclic amines) is 1. The lowest BCUT2D eigenvalue weighted by atomic mass is 10.0. The van der Waals surface area contributed by atoms with Gasteiger partial charge in [0.2, 0.25) is 5.91 Å². The van der Waals surface area contributed by atoms with Gasteiger partial charge in [0.05, 0.1) is 12.6 Å². The lowest BCUT2D eigenvalue weighted by Crippen LogP contribution is -2.39. The molecule has 1 aliphatic heterocycles. The van der Waals surface area contributed by atoms with Crippen molar-refractivity contribution in [3.05, 3.63) is 0 Å². The summed E-state index contributed by atoms with van der Waals surface area (Å²) in [5, 5.41) is 12.3. The molecular formula is C11H22N2O2. The second-order valence-corrected chi connectivity index (χ2v) is 4.75. The van der Waals surface area contributed by atoms with Crippen molar-refractivity contribution in [1.82, 2.24) is 10.2 Å². The smallest absolute Gasteiger partial charge is 0.234 e. The predicted molar refractivity (Wildman–Crippen MR) is 59.5 cm³/mol. The normalized spacial score (nSPS) is 24.5. The first-order chi connectivity index (χ1) is 6.99. The van der Waals surface area contributed by atoms with Crippen LogP contribution in [0.25, 0.3) is 0 Å². The Bertz CT molecular complexity index is 217. The van der Waals surface area contributed by atoms with Crippen LogP contribution in [0, 0.1) is 5.92 Å². The lowest BCUT2D eigenvalue weighted by Gasteiger charge is -2.17. The number of aliphatic hydroxyl groups is 1. The molecule has 88 valence electrons. The fourth-order valence-electron chi connectivity index (χ4n) is 1.97. The minimum Gasteiger partial charge on any atom is -0.393 e. The van der Waals surface area contributed by atoms with E-state index >= 15 is 0 Å². The molecule has 2 atom stereocenters. The SMILES string of the molecule is CC(C)NC(=O)CN1CCC(C(C)O)C1. The number of amides is 1. The number of rotatable bonds is 4. The Kier molecular flexibility index (Phi) is 4.54. The maximum atomic E-state index is 11.5. The number of nitrogens with one attached hydrogen (secondary N) is 1. The Morgan fingerprint density at radius 2 is 2.20 bits per heavy atom. The Hall–Kier alpha value is -0.610. The zero-order chi connectivity index (χ0) is 11.4. The highest BCUT2D eigenvalue weighted by Gasteiger charge is 2.26. The van der Waals surface area contributed by atoms with Gasteiger partial charge in [-0.25, -0.2) is 0 Å².